The van der Waals surface area contributed by atoms with E-state index in [1.165, 1.54) is 27.0 Å². The number of thiazole rings is 1. The van der Waals surface area contributed by atoms with E-state index in [-0.39, 0.29) is 11.8 Å². The molecule has 1 fully saturated rings. The molecule has 0 saturated carbocycles. The maximum atomic E-state index is 13.0. The first-order valence-corrected chi connectivity index (χ1v) is 13.9. The first-order chi connectivity index (χ1) is 15.9. The number of sulfonamides is 1. The molecule has 4 rings (SSSR count). The Hall–Kier alpha value is -2.05. The Balaban J connectivity index is 1.54. The summed E-state index contributed by atoms with van der Waals surface area (Å²) in [4.78, 5) is 18.1. The number of hydrogen-bond donors (Lipinski definition) is 0. The van der Waals surface area contributed by atoms with Crippen LogP contribution < -0.4 is 9.54 Å². The SMILES string of the molecule is CCOCCn1c(=NC(=O)C2CCN(S(=O)(=O)c3cccs3)CC2)sc2cc(OC)ccc21. The molecule has 0 radical (unpaired) electrons. The summed E-state index contributed by atoms with van der Waals surface area (Å²) < 4.78 is 41.1. The summed E-state index contributed by atoms with van der Waals surface area (Å²) in [6.07, 6.45) is 0.926. The number of thiophene rings is 1. The fourth-order valence-electron chi connectivity index (χ4n) is 3.85. The molecular formula is C22H27N3O5S3. The topological polar surface area (TPSA) is 90.2 Å². The zero-order chi connectivity index (χ0) is 23.4. The molecule has 33 heavy (non-hydrogen) atoms. The number of methoxy groups -OCH3 is 1. The Bertz CT molecular complexity index is 1270. The molecule has 178 valence electrons. The molecule has 3 aromatic rings. The van der Waals surface area contributed by atoms with Crippen LogP contribution in [0.3, 0.4) is 0 Å². The Morgan fingerprint density at radius 3 is 2.70 bits per heavy atom. The fraction of sp³-hybridized carbons (Fsp3) is 0.455. The number of fused-ring (bicyclic) bond motifs is 1. The molecule has 0 bridgehead atoms. The number of nitrogens with zero attached hydrogens (tertiary/aromatic N) is 3. The minimum Gasteiger partial charge on any atom is -0.497 e. The Labute approximate surface area is 201 Å². The monoisotopic (exact) mass is 509 g/mol. The molecule has 3 heterocycles. The van der Waals surface area contributed by atoms with Gasteiger partial charge in [0.25, 0.3) is 15.9 Å². The number of aromatic nitrogens is 1. The largest absolute Gasteiger partial charge is 0.497 e. The van der Waals surface area contributed by atoms with Gasteiger partial charge in [-0.1, -0.05) is 17.4 Å². The fourth-order valence-corrected chi connectivity index (χ4v) is 7.55. The van der Waals surface area contributed by atoms with Gasteiger partial charge in [-0.25, -0.2) is 8.42 Å². The molecular weight excluding hydrogens is 482 g/mol. The van der Waals surface area contributed by atoms with Crippen LogP contribution in [0.25, 0.3) is 10.2 Å². The average molecular weight is 510 g/mol. The molecule has 1 aromatic carbocycles. The first kappa shape index (κ1) is 24.1. The first-order valence-electron chi connectivity index (χ1n) is 10.8. The summed E-state index contributed by atoms with van der Waals surface area (Å²) in [6.45, 7) is 4.31. The van der Waals surface area contributed by atoms with Gasteiger partial charge in [0.1, 0.15) is 9.96 Å². The number of benzene rings is 1. The van der Waals surface area contributed by atoms with Crippen molar-refractivity contribution in [3.05, 3.63) is 40.5 Å². The van der Waals surface area contributed by atoms with Crippen molar-refractivity contribution in [1.29, 1.82) is 0 Å². The number of amides is 1. The quantitative estimate of drug-likeness (QED) is 0.435. The molecule has 8 nitrogen and oxygen atoms in total. The molecule has 1 saturated heterocycles. The van der Waals surface area contributed by atoms with Gasteiger partial charge in [0, 0.05) is 32.2 Å². The molecule has 0 unspecified atom stereocenters. The van der Waals surface area contributed by atoms with Crippen molar-refractivity contribution < 1.29 is 22.7 Å². The summed E-state index contributed by atoms with van der Waals surface area (Å²) >= 11 is 2.65. The van der Waals surface area contributed by atoms with Crippen LogP contribution >= 0.6 is 22.7 Å². The second-order valence-electron chi connectivity index (χ2n) is 7.63. The molecule has 1 amide bonds. The predicted molar refractivity (Wildman–Crippen MR) is 129 cm³/mol. The van der Waals surface area contributed by atoms with Gasteiger partial charge in [-0.3, -0.25) is 4.79 Å². The summed E-state index contributed by atoms with van der Waals surface area (Å²) in [6, 6.07) is 9.14. The number of ether oxygens (including phenoxy) is 2. The number of piperidine rings is 1. The summed E-state index contributed by atoms with van der Waals surface area (Å²) in [5, 5.41) is 1.75. The van der Waals surface area contributed by atoms with Gasteiger partial charge < -0.3 is 14.0 Å². The average Bonchev–Trinajstić information content (AvgIpc) is 3.48. The van der Waals surface area contributed by atoms with Crippen LogP contribution in [0.15, 0.2) is 44.9 Å². The van der Waals surface area contributed by atoms with E-state index in [1.807, 2.05) is 29.7 Å². The van der Waals surface area contributed by atoms with Crippen LogP contribution in [0.5, 0.6) is 5.75 Å². The van der Waals surface area contributed by atoms with E-state index >= 15 is 0 Å². The Morgan fingerprint density at radius 1 is 1.24 bits per heavy atom. The molecule has 0 aliphatic carbocycles. The van der Waals surface area contributed by atoms with Gasteiger partial charge in [-0.2, -0.15) is 9.30 Å². The van der Waals surface area contributed by atoms with Crippen LogP contribution in [0, 0.1) is 5.92 Å². The van der Waals surface area contributed by atoms with E-state index in [0.717, 1.165) is 16.0 Å². The van der Waals surface area contributed by atoms with Gasteiger partial charge in [0.2, 0.25) is 0 Å². The second kappa shape index (κ2) is 10.5. The lowest BCUT2D eigenvalue weighted by molar-refractivity contribution is -0.122. The lowest BCUT2D eigenvalue weighted by Gasteiger charge is -2.29. The molecule has 1 aliphatic rings. The van der Waals surface area contributed by atoms with Gasteiger partial charge >= 0.3 is 0 Å². The van der Waals surface area contributed by atoms with Crippen molar-refractivity contribution in [3.8, 4) is 5.75 Å². The number of rotatable bonds is 8. The molecule has 2 aromatic heterocycles. The van der Waals surface area contributed by atoms with Crippen molar-refractivity contribution in [1.82, 2.24) is 8.87 Å². The highest BCUT2D eigenvalue weighted by Crippen LogP contribution is 2.27. The van der Waals surface area contributed by atoms with Crippen molar-refractivity contribution in [2.75, 3.05) is 33.4 Å². The summed E-state index contributed by atoms with van der Waals surface area (Å²) in [7, 11) is -1.87. The normalized spacial score (nSPS) is 16.5. The van der Waals surface area contributed by atoms with E-state index in [4.69, 9.17) is 9.47 Å². The highest BCUT2D eigenvalue weighted by molar-refractivity contribution is 7.91. The van der Waals surface area contributed by atoms with Crippen molar-refractivity contribution in [2.45, 2.75) is 30.5 Å². The molecule has 1 aliphatic heterocycles. The minimum absolute atomic E-state index is 0.202. The number of carbonyl (C=O) groups excluding carboxylic acids is 1. The standard InChI is InChI=1S/C22H27N3O5S3/c1-3-30-13-12-25-18-7-6-17(29-2)15-19(18)32-22(25)23-21(26)16-8-10-24(11-9-16)33(27,28)20-5-4-14-31-20/h4-7,14-16H,3,8-13H2,1-2H3. The van der Waals surface area contributed by atoms with Gasteiger partial charge in [0.15, 0.2) is 4.80 Å². The van der Waals surface area contributed by atoms with Gasteiger partial charge in [-0.15, -0.1) is 11.3 Å². The predicted octanol–water partition coefficient (Wildman–Crippen LogP) is 3.34. The second-order valence-corrected chi connectivity index (χ2v) is 11.7. The minimum atomic E-state index is -3.49. The highest BCUT2D eigenvalue weighted by Gasteiger charge is 2.32. The zero-order valence-corrected chi connectivity index (χ0v) is 21.0. The third-order valence-electron chi connectivity index (χ3n) is 5.65. The maximum absolute atomic E-state index is 13.0. The van der Waals surface area contributed by atoms with E-state index < -0.39 is 10.0 Å². The van der Waals surface area contributed by atoms with Crippen LogP contribution in [0.1, 0.15) is 19.8 Å². The van der Waals surface area contributed by atoms with Crippen LogP contribution in [-0.4, -0.2) is 56.6 Å². The van der Waals surface area contributed by atoms with Crippen molar-refractivity contribution >= 4 is 48.8 Å². The van der Waals surface area contributed by atoms with Crippen molar-refractivity contribution in [2.24, 2.45) is 10.9 Å². The van der Waals surface area contributed by atoms with E-state index in [9.17, 15) is 13.2 Å². The summed E-state index contributed by atoms with van der Waals surface area (Å²) in [5.41, 5.74) is 0.976. The maximum Gasteiger partial charge on any atom is 0.252 e. The van der Waals surface area contributed by atoms with Gasteiger partial charge in [0.05, 0.1) is 23.9 Å². The molecule has 0 atom stereocenters. The zero-order valence-electron chi connectivity index (χ0n) is 18.6. The molecule has 11 heteroatoms. The lowest BCUT2D eigenvalue weighted by Crippen LogP contribution is -2.40. The van der Waals surface area contributed by atoms with Crippen molar-refractivity contribution in [3.63, 3.8) is 0 Å². The summed E-state index contributed by atoms with van der Waals surface area (Å²) in [5.74, 6) is 0.254. The Kier molecular flexibility index (Phi) is 7.65. The Morgan fingerprint density at radius 2 is 2.03 bits per heavy atom. The van der Waals surface area contributed by atoms with E-state index in [0.29, 0.717) is 54.7 Å². The van der Waals surface area contributed by atoms with Crippen LogP contribution in [0.4, 0.5) is 0 Å². The number of hydrogen-bond acceptors (Lipinski definition) is 7. The third kappa shape index (κ3) is 5.22. The number of carbonyl (C=O) groups is 1. The molecule has 0 N–H and O–H groups in total. The van der Waals surface area contributed by atoms with E-state index in [1.54, 1.807) is 24.6 Å². The van der Waals surface area contributed by atoms with E-state index in [2.05, 4.69) is 4.99 Å². The highest BCUT2D eigenvalue weighted by atomic mass is 32.2. The van der Waals surface area contributed by atoms with Crippen LogP contribution in [0.2, 0.25) is 0 Å². The third-order valence-corrected chi connectivity index (χ3v) is 9.96. The molecule has 0 spiro atoms. The lowest BCUT2D eigenvalue weighted by atomic mass is 9.98. The van der Waals surface area contributed by atoms with Crippen LogP contribution in [-0.2, 0) is 26.1 Å². The van der Waals surface area contributed by atoms with Gasteiger partial charge in [-0.05, 0) is 49.4 Å². The smallest absolute Gasteiger partial charge is 0.252 e.